The van der Waals surface area contributed by atoms with Crippen molar-refractivity contribution in [3.63, 3.8) is 0 Å². The Morgan fingerprint density at radius 1 is 1.19 bits per heavy atom. The number of halogens is 1. The lowest BCUT2D eigenvalue weighted by Crippen LogP contribution is -2.21. The monoisotopic (exact) mass is 365 g/mol. The van der Waals surface area contributed by atoms with E-state index in [0.29, 0.717) is 0 Å². The van der Waals surface area contributed by atoms with Crippen LogP contribution in [-0.2, 0) is 5.41 Å². The molecule has 0 saturated carbocycles. The molecule has 2 rings (SSSR count). The van der Waals surface area contributed by atoms with Crippen LogP contribution in [-0.4, -0.2) is 6.54 Å². The molecule has 0 amide bonds. The SMILES string of the molecule is CCNC(c1ccc(C(C)(C)C)cc1)c1cc(C)c(Br)s1. The van der Waals surface area contributed by atoms with E-state index in [1.54, 1.807) is 0 Å². The smallest absolute Gasteiger partial charge is 0.0731 e. The van der Waals surface area contributed by atoms with Crippen molar-refractivity contribution in [3.05, 3.63) is 55.7 Å². The van der Waals surface area contributed by atoms with Crippen molar-refractivity contribution in [2.75, 3.05) is 6.54 Å². The van der Waals surface area contributed by atoms with Crippen LogP contribution in [0.15, 0.2) is 34.1 Å². The van der Waals surface area contributed by atoms with Gasteiger partial charge in [-0.15, -0.1) is 11.3 Å². The summed E-state index contributed by atoms with van der Waals surface area (Å²) in [5.74, 6) is 0. The maximum atomic E-state index is 3.64. The molecule has 1 heterocycles. The summed E-state index contributed by atoms with van der Waals surface area (Å²) in [6, 6.07) is 11.6. The van der Waals surface area contributed by atoms with E-state index >= 15 is 0 Å². The van der Waals surface area contributed by atoms with Gasteiger partial charge in [-0.2, -0.15) is 0 Å². The van der Waals surface area contributed by atoms with Gasteiger partial charge in [-0.05, 0) is 57.6 Å². The first kappa shape index (κ1) is 16.7. The van der Waals surface area contributed by atoms with E-state index in [4.69, 9.17) is 0 Å². The molecule has 0 aliphatic carbocycles. The van der Waals surface area contributed by atoms with Crippen LogP contribution in [0, 0.1) is 6.92 Å². The van der Waals surface area contributed by atoms with Crippen LogP contribution in [0.5, 0.6) is 0 Å². The molecule has 0 saturated heterocycles. The molecule has 1 aromatic carbocycles. The van der Waals surface area contributed by atoms with Crippen molar-refractivity contribution < 1.29 is 0 Å². The first-order valence-electron chi connectivity index (χ1n) is 7.42. The molecule has 114 valence electrons. The van der Waals surface area contributed by atoms with Gasteiger partial charge in [0.1, 0.15) is 0 Å². The van der Waals surface area contributed by atoms with Gasteiger partial charge in [-0.3, -0.25) is 0 Å². The molecular formula is C18H24BrNS. The quantitative estimate of drug-likeness (QED) is 0.719. The zero-order chi connectivity index (χ0) is 15.6. The van der Waals surface area contributed by atoms with Crippen molar-refractivity contribution >= 4 is 27.3 Å². The number of hydrogen-bond donors (Lipinski definition) is 1. The van der Waals surface area contributed by atoms with Crippen LogP contribution in [0.2, 0.25) is 0 Å². The van der Waals surface area contributed by atoms with E-state index in [0.717, 1.165) is 6.54 Å². The highest BCUT2D eigenvalue weighted by Crippen LogP contribution is 2.35. The highest BCUT2D eigenvalue weighted by molar-refractivity contribution is 9.11. The standard InChI is InChI=1S/C18H24BrNS/c1-6-20-16(15-11-12(2)17(19)21-15)13-7-9-14(10-8-13)18(3,4)5/h7-11,16,20H,6H2,1-5H3. The molecule has 0 fully saturated rings. The minimum atomic E-state index is 0.203. The van der Waals surface area contributed by atoms with Crippen LogP contribution in [0.1, 0.15) is 55.3 Å². The topological polar surface area (TPSA) is 12.0 Å². The predicted molar refractivity (Wildman–Crippen MR) is 97.4 cm³/mol. The van der Waals surface area contributed by atoms with Gasteiger partial charge in [-0.25, -0.2) is 0 Å². The molecule has 0 spiro atoms. The highest BCUT2D eigenvalue weighted by atomic mass is 79.9. The largest absolute Gasteiger partial charge is 0.306 e. The fraction of sp³-hybridized carbons (Fsp3) is 0.444. The Balaban J connectivity index is 2.34. The second-order valence-corrected chi connectivity index (χ2v) is 8.87. The average molecular weight is 366 g/mol. The Kier molecular flexibility index (Phi) is 5.29. The summed E-state index contributed by atoms with van der Waals surface area (Å²) in [6.45, 7) is 12.0. The third kappa shape index (κ3) is 3.97. The van der Waals surface area contributed by atoms with Crippen molar-refractivity contribution in [2.45, 2.75) is 46.1 Å². The molecule has 0 aliphatic heterocycles. The third-order valence-corrected chi connectivity index (χ3v) is 5.88. The van der Waals surface area contributed by atoms with E-state index in [2.05, 4.69) is 86.2 Å². The minimum absolute atomic E-state index is 0.203. The first-order chi connectivity index (χ1) is 9.82. The predicted octanol–water partition coefficient (Wildman–Crippen LogP) is 5.82. The fourth-order valence-corrected chi connectivity index (χ4v) is 4.06. The van der Waals surface area contributed by atoms with Gasteiger partial charge in [0.15, 0.2) is 0 Å². The Labute approximate surface area is 140 Å². The van der Waals surface area contributed by atoms with Crippen LogP contribution < -0.4 is 5.32 Å². The molecule has 1 atom stereocenters. The van der Waals surface area contributed by atoms with Crippen molar-refractivity contribution in [1.29, 1.82) is 0 Å². The van der Waals surface area contributed by atoms with Gasteiger partial charge >= 0.3 is 0 Å². The van der Waals surface area contributed by atoms with Crippen LogP contribution in [0.4, 0.5) is 0 Å². The summed E-state index contributed by atoms with van der Waals surface area (Å²) in [5, 5.41) is 3.60. The zero-order valence-electron chi connectivity index (χ0n) is 13.5. The lowest BCUT2D eigenvalue weighted by molar-refractivity contribution is 0.588. The Bertz CT molecular complexity index is 573. The van der Waals surface area contributed by atoms with Gasteiger partial charge < -0.3 is 5.32 Å². The molecule has 1 unspecified atom stereocenters. The van der Waals surface area contributed by atoms with E-state index in [9.17, 15) is 0 Å². The van der Waals surface area contributed by atoms with E-state index in [1.165, 1.54) is 25.4 Å². The first-order valence-corrected chi connectivity index (χ1v) is 9.03. The molecule has 1 nitrogen and oxygen atoms in total. The molecule has 1 aromatic heterocycles. The number of hydrogen-bond acceptors (Lipinski definition) is 2. The Hall–Kier alpha value is -0.640. The normalized spacial score (nSPS) is 13.4. The minimum Gasteiger partial charge on any atom is -0.306 e. The summed E-state index contributed by atoms with van der Waals surface area (Å²) < 4.78 is 1.23. The maximum absolute atomic E-state index is 3.64. The molecule has 0 aliphatic rings. The summed E-state index contributed by atoms with van der Waals surface area (Å²) in [7, 11) is 0. The van der Waals surface area contributed by atoms with E-state index in [1.807, 2.05) is 11.3 Å². The van der Waals surface area contributed by atoms with Gasteiger partial charge in [-0.1, -0.05) is 52.0 Å². The lowest BCUT2D eigenvalue weighted by atomic mass is 9.86. The molecule has 0 radical (unpaired) electrons. The molecule has 0 bridgehead atoms. The zero-order valence-corrected chi connectivity index (χ0v) is 15.9. The summed E-state index contributed by atoms with van der Waals surface area (Å²) >= 11 is 5.46. The Morgan fingerprint density at radius 2 is 1.81 bits per heavy atom. The van der Waals surface area contributed by atoms with Gasteiger partial charge in [0, 0.05) is 4.88 Å². The van der Waals surface area contributed by atoms with Gasteiger partial charge in [0.2, 0.25) is 0 Å². The molecule has 2 aromatic rings. The molecule has 3 heteroatoms. The highest BCUT2D eigenvalue weighted by Gasteiger charge is 2.18. The number of rotatable bonds is 4. The maximum Gasteiger partial charge on any atom is 0.0731 e. The molecular weight excluding hydrogens is 342 g/mol. The third-order valence-electron chi connectivity index (χ3n) is 3.68. The second kappa shape index (κ2) is 6.64. The Morgan fingerprint density at radius 3 is 2.24 bits per heavy atom. The molecule has 21 heavy (non-hydrogen) atoms. The van der Waals surface area contributed by atoms with Gasteiger partial charge in [0.05, 0.1) is 9.83 Å². The summed E-state index contributed by atoms with van der Waals surface area (Å²) in [6.07, 6.45) is 0. The van der Waals surface area contributed by atoms with Crippen molar-refractivity contribution in [1.82, 2.24) is 5.32 Å². The lowest BCUT2D eigenvalue weighted by Gasteiger charge is -2.21. The van der Waals surface area contributed by atoms with E-state index < -0.39 is 0 Å². The fourth-order valence-electron chi connectivity index (χ4n) is 2.39. The van der Waals surface area contributed by atoms with E-state index in [-0.39, 0.29) is 11.5 Å². The second-order valence-electron chi connectivity index (χ2n) is 6.47. The van der Waals surface area contributed by atoms with Crippen LogP contribution >= 0.6 is 27.3 Å². The average Bonchev–Trinajstić information content (AvgIpc) is 2.75. The summed E-state index contributed by atoms with van der Waals surface area (Å²) in [5.41, 5.74) is 4.22. The van der Waals surface area contributed by atoms with Crippen LogP contribution in [0.25, 0.3) is 0 Å². The molecule has 1 N–H and O–H groups in total. The number of nitrogens with one attached hydrogen (secondary N) is 1. The number of aryl methyl sites for hydroxylation is 1. The van der Waals surface area contributed by atoms with Crippen LogP contribution in [0.3, 0.4) is 0 Å². The van der Waals surface area contributed by atoms with Gasteiger partial charge in [0.25, 0.3) is 0 Å². The number of thiophene rings is 1. The van der Waals surface area contributed by atoms with Crippen molar-refractivity contribution in [3.8, 4) is 0 Å². The summed E-state index contributed by atoms with van der Waals surface area (Å²) in [4.78, 5) is 1.37. The van der Waals surface area contributed by atoms with Crippen molar-refractivity contribution in [2.24, 2.45) is 0 Å². The number of benzene rings is 1.